The molecule has 0 aliphatic carbocycles. The number of nitrogens with two attached hydrogens (primary N) is 1. The van der Waals surface area contributed by atoms with Gasteiger partial charge in [0, 0.05) is 20.1 Å². The van der Waals surface area contributed by atoms with E-state index in [0.717, 1.165) is 5.56 Å². The lowest BCUT2D eigenvalue weighted by atomic mass is 10.2. The van der Waals surface area contributed by atoms with Crippen molar-refractivity contribution in [2.75, 3.05) is 13.6 Å². The third-order valence-corrected chi connectivity index (χ3v) is 2.80. The Bertz CT molecular complexity index is 581. The molecule has 1 heterocycles. The van der Waals surface area contributed by atoms with Crippen molar-refractivity contribution in [2.24, 2.45) is 5.73 Å². The molecule has 1 amide bonds. The van der Waals surface area contributed by atoms with E-state index in [1.54, 1.807) is 25.4 Å². The van der Waals surface area contributed by atoms with Crippen LogP contribution < -0.4 is 5.73 Å². The van der Waals surface area contributed by atoms with Crippen LogP contribution in [0.5, 0.6) is 0 Å². The van der Waals surface area contributed by atoms with Crippen molar-refractivity contribution in [3.63, 3.8) is 0 Å². The van der Waals surface area contributed by atoms with Crippen molar-refractivity contribution < 1.29 is 9.18 Å². The molecule has 20 heavy (non-hydrogen) atoms. The first-order chi connectivity index (χ1) is 9.60. The molecular weight excluding hydrogens is 261 g/mol. The number of carbonyl (C=O) groups is 1. The molecule has 1 aromatic heterocycles. The minimum Gasteiger partial charge on any atom is -0.336 e. The van der Waals surface area contributed by atoms with Gasteiger partial charge in [0.1, 0.15) is 5.82 Å². The lowest BCUT2D eigenvalue weighted by Gasteiger charge is -2.15. The van der Waals surface area contributed by atoms with E-state index in [2.05, 4.69) is 10.3 Å². The molecule has 0 saturated heterocycles. The van der Waals surface area contributed by atoms with Crippen molar-refractivity contribution >= 4 is 5.91 Å². The Morgan fingerprint density at radius 2 is 2.10 bits per heavy atom. The highest BCUT2D eigenvalue weighted by atomic mass is 19.1. The minimum atomic E-state index is -0.299. The van der Waals surface area contributed by atoms with Gasteiger partial charge in [0.25, 0.3) is 5.91 Å². The van der Waals surface area contributed by atoms with E-state index in [0.29, 0.717) is 19.6 Å². The zero-order valence-corrected chi connectivity index (χ0v) is 11.2. The summed E-state index contributed by atoms with van der Waals surface area (Å²) < 4.78 is 14.3. The second-order valence-electron chi connectivity index (χ2n) is 4.44. The number of benzene rings is 1. The highest BCUT2D eigenvalue weighted by Gasteiger charge is 2.15. The Morgan fingerprint density at radius 1 is 1.40 bits per heavy atom. The fourth-order valence-electron chi connectivity index (χ4n) is 1.77. The maximum absolute atomic E-state index is 12.8. The molecule has 2 aromatic rings. The average molecular weight is 277 g/mol. The van der Waals surface area contributed by atoms with E-state index in [-0.39, 0.29) is 17.4 Å². The van der Waals surface area contributed by atoms with Crippen LogP contribution in [0.3, 0.4) is 0 Å². The molecule has 0 saturated carbocycles. The highest BCUT2D eigenvalue weighted by Crippen LogP contribution is 2.08. The summed E-state index contributed by atoms with van der Waals surface area (Å²) in [6.45, 7) is 1.33. The summed E-state index contributed by atoms with van der Waals surface area (Å²) in [7, 11) is 1.66. The number of aromatic nitrogens is 3. The van der Waals surface area contributed by atoms with Crippen LogP contribution in [0.2, 0.25) is 0 Å². The largest absolute Gasteiger partial charge is 0.336 e. The van der Waals surface area contributed by atoms with Gasteiger partial charge in [0.2, 0.25) is 0 Å². The summed E-state index contributed by atoms with van der Waals surface area (Å²) in [6.07, 6.45) is 1.57. The van der Waals surface area contributed by atoms with Gasteiger partial charge in [0.15, 0.2) is 5.69 Å². The molecule has 6 nitrogen and oxygen atoms in total. The number of halogens is 1. The number of hydrogen-bond donors (Lipinski definition) is 1. The summed E-state index contributed by atoms with van der Waals surface area (Å²) in [6, 6.07) is 6.02. The molecule has 0 unspecified atom stereocenters. The second kappa shape index (κ2) is 6.25. The fourth-order valence-corrected chi connectivity index (χ4v) is 1.77. The molecule has 106 valence electrons. The lowest BCUT2D eigenvalue weighted by molar-refractivity contribution is 0.0779. The van der Waals surface area contributed by atoms with Crippen LogP contribution in [-0.2, 0) is 13.1 Å². The van der Waals surface area contributed by atoms with Gasteiger partial charge >= 0.3 is 0 Å². The molecule has 0 radical (unpaired) electrons. The van der Waals surface area contributed by atoms with Gasteiger partial charge in [-0.2, -0.15) is 0 Å². The van der Waals surface area contributed by atoms with Gasteiger partial charge in [-0.1, -0.05) is 17.3 Å². The predicted octanol–water partition coefficient (Wildman–Crippen LogP) is 0.648. The zero-order chi connectivity index (χ0) is 14.5. The van der Waals surface area contributed by atoms with Crippen LogP contribution >= 0.6 is 0 Å². The first-order valence-electron chi connectivity index (χ1n) is 6.20. The zero-order valence-electron chi connectivity index (χ0n) is 11.2. The molecule has 0 aliphatic rings. The molecule has 7 heteroatoms. The average Bonchev–Trinajstić information content (AvgIpc) is 2.89. The first kappa shape index (κ1) is 14.1. The van der Waals surface area contributed by atoms with E-state index in [1.807, 2.05) is 0 Å². The van der Waals surface area contributed by atoms with Crippen LogP contribution in [0.25, 0.3) is 0 Å². The van der Waals surface area contributed by atoms with E-state index < -0.39 is 0 Å². The highest BCUT2D eigenvalue weighted by molar-refractivity contribution is 5.91. The molecular formula is C13H16FN5O. The third-order valence-electron chi connectivity index (χ3n) is 2.80. The van der Waals surface area contributed by atoms with Gasteiger partial charge in [0.05, 0.1) is 12.7 Å². The van der Waals surface area contributed by atoms with Gasteiger partial charge in [-0.3, -0.25) is 9.48 Å². The standard InChI is InChI=1S/C13H16FN5O/c1-18(8-10-2-4-11(14)5-3-10)13(20)12-9-19(7-6-15)17-16-12/h2-5,9H,6-8,15H2,1H3. The summed E-state index contributed by atoms with van der Waals surface area (Å²) >= 11 is 0. The van der Waals surface area contributed by atoms with Gasteiger partial charge < -0.3 is 10.6 Å². The Labute approximate surface area is 116 Å². The summed E-state index contributed by atoms with van der Waals surface area (Å²) in [5.74, 6) is -0.537. The minimum absolute atomic E-state index is 0.238. The predicted molar refractivity (Wildman–Crippen MR) is 71.3 cm³/mol. The van der Waals surface area contributed by atoms with E-state index in [9.17, 15) is 9.18 Å². The molecule has 1 aromatic carbocycles. The van der Waals surface area contributed by atoms with Gasteiger partial charge in [-0.15, -0.1) is 5.10 Å². The normalized spacial score (nSPS) is 10.6. The Balaban J connectivity index is 2.02. The molecule has 0 atom stereocenters. The number of amides is 1. The maximum Gasteiger partial charge on any atom is 0.276 e. The van der Waals surface area contributed by atoms with Gasteiger partial charge in [-0.25, -0.2) is 4.39 Å². The lowest BCUT2D eigenvalue weighted by Crippen LogP contribution is -2.26. The smallest absolute Gasteiger partial charge is 0.276 e. The van der Waals surface area contributed by atoms with Gasteiger partial charge in [-0.05, 0) is 17.7 Å². The Hall–Kier alpha value is -2.28. The summed E-state index contributed by atoms with van der Waals surface area (Å²) in [5.41, 5.74) is 6.52. The monoisotopic (exact) mass is 277 g/mol. The molecule has 2 N–H and O–H groups in total. The number of rotatable bonds is 5. The van der Waals surface area contributed by atoms with Crippen LogP contribution in [0.1, 0.15) is 16.1 Å². The fraction of sp³-hybridized carbons (Fsp3) is 0.308. The van der Waals surface area contributed by atoms with E-state index in [4.69, 9.17) is 5.73 Å². The maximum atomic E-state index is 12.8. The molecule has 2 rings (SSSR count). The number of nitrogens with zero attached hydrogens (tertiary/aromatic N) is 4. The molecule has 0 fully saturated rings. The third kappa shape index (κ3) is 3.39. The van der Waals surface area contributed by atoms with Crippen molar-refractivity contribution in [1.82, 2.24) is 19.9 Å². The van der Waals surface area contributed by atoms with Crippen molar-refractivity contribution in [3.05, 3.63) is 47.5 Å². The topological polar surface area (TPSA) is 77.0 Å². The quantitative estimate of drug-likeness (QED) is 0.870. The van der Waals surface area contributed by atoms with Crippen LogP contribution in [0.4, 0.5) is 4.39 Å². The van der Waals surface area contributed by atoms with Crippen molar-refractivity contribution in [3.8, 4) is 0 Å². The molecule has 0 aliphatic heterocycles. The van der Waals surface area contributed by atoms with Crippen molar-refractivity contribution in [2.45, 2.75) is 13.1 Å². The molecule has 0 bridgehead atoms. The van der Waals surface area contributed by atoms with E-state index in [1.165, 1.54) is 21.7 Å². The van der Waals surface area contributed by atoms with Crippen LogP contribution in [0.15, 0.2) is 30.5 Å². The summed E-state index contributed by atoms with van der Waals surface area (Å²) in [5, 5.41) is 7.64. The van der Waals surface area contributed by atoms with E-state index >= 15 is 0 Å². The first-order valence-corrected chi connectivity index (χ1v) is 6.20. The van der Waals surface area contributed by atoms with Crippen molar-refractivity contribution in [1.29, 1.82) is 0 Å². The molecule has 0 spiro atoms. The Morgan fingerprint density at radius 3 is 2.75 bits per heavy atom. The number of hydrogen-bond acceptors (Lipinski definition) is 4. The second-order valence-corrected chi connectivity index (χ2v) is 4.44. The summed E-state index contributed by atoms with van der Waals surface area (Å²) in [4.78, 5) is 13.6. The van der Waals surface area contributed by atoms with Crippen LogP contribution in [-0.4, -0.2) is 39.4 Å². The Kier molecular flexibility index (Phi) is 4.41. The number of carbonyl (C=O) groups excluding carboxylic acids is 1. The SMILES string of the molecule is CN(Cc1ccc(F)cc1)C(=O)c1cn(CCN)nn1. The van der Waals surface area contributed by atoms with Crippen LogP contribution in [0, 0.1) is 5.82 Å².